The van der Waals surface area contributed by atoms with E-state index in [0.717, 1.165) is 19.4 Å². The lowest BCUT2D eigenvalue weighted by molar-refractivity contribution is 0.0952. The second-order valence-electron chi connectivity index (χ2n) is 4.46. The summed E-state index contributed by atoms with van der Waals surface area (Å²) in [7, 11) is 4.07. The molecule has 0 spiro atoms. The lowest BCUT2D eigenvalue weighted by Crippen LogP contribution is -2.25. The normalized spacial score (nSPS) is 10.1. The van der Waals surface area contributed by atoms with E-state index in [4.69, 9.17) is 5.26 Å². The molecule has 1 rings (SSSR count). The van der Waals surface area contributed by atoms with Crippen molar-refractivity contribution in [3.63, 3.8) is 0 Å². The van der Waals surface area contributed by atoms with Gasteiger partial charge in [0.1, 0.15) is 0 Å². The molecule has 0 saturated heterocycles. The molecule has 0 unspecified atom stereocenters. The first-order valence-corrected chi connectivity index (χ1v) is 6.06. The largest absolute Gasteiger partial charge is 0.352 e. The molecule has 1 amide bonds. The third kappa shape index (κ3) is 4.98. The Kier molecular flexibility index (Phi) is 5.89. The van der Waals surface area contributed by atoms with Crippen LogP contribution in [0.25, 0.3) is 0 Å². The van der Waals surface area contributed by atoms with Crippen molar-refractivity contribution in [1.82, 2.24) is 10.2 Å². The maximum absolute atomic E-state index is 11.8. The standard InChI is InChI=1S/C14H19N3O/c1-17(2)9-4-3-8-16-14(18)13-7-5-6-12(10-13)11-15/h5-7,10H,3-4,8-9H2,1-2H3,(H,16,18). The van der Waals surface area contributed by atoms with Crippen LogP contribution in [0.4, 0.5) is 0 Å². The minimum Gasteiger partial charge on any atom is -0.352 e. The lowest BCUT2D eigenvalue weighted by atomic mass is 10.1. The summed E-state index contributed by atoms with van der Waals surface area (Å²) in [6, 6.07) is 8.76. The molecule has 0 fully saturated rings. The van der Waals surface area contributed by atoms with Crippen LogP contribution in [0.2, 0.25) is 0 Å². The second-order valence-corrected chi connectivity index (χ2v) is 4.46. The van der Waals surface area contributed by atoms with Crippen LogP contribution < -0.4 is 5.32 Å². The van der Waals surface area contributed by atoms with Gasteiger partial charge in [0.15, 0.2) is 0 Å². The number of rotatable bonds is 6. The molecule has 0 aromatic heterocycles. The van der Waals surface area contributed by atoms with E-state index in [1.165, 1.54) is 0 Å². The van der Waals surface area contributed by atoms with Crippen LogP contribution in [0.1, 0.15) is 28.8 Å². The second kappa shape index (κ2) is 7.46. The molecule has 1 N–H and O–H groups in total. The van der Waals surface area contributed by atoms with Gasteiger partial charge < -0.3 is 10.2 Å². The summed E-state index contributed by atoms with van der Waals surface area (Å²) in [5.41, 5.74) is 1.05. The van der Waals surface area contributed by atoms with Crippen LogP contribution in [-0.4, -0.2) is 38.0 Å². The number of hydrogen-bond donors (Lipinski definition) is 1. The van der Waals surface area contributed by atoms with Gasteiger partial charge in [0.25, 0.3) is 5.91 Å². The van der Waals surface area contributed by atoms with E-state index in [-0.39, 0.29) is 5.91 Å². The van der Waals surface area contributed by atoms with Crippen molar-refractivity contribution in [2.45, 2.75) is 12.8 Å². The summed E-state index contributed by atoms with van der Waals surface area (Å²) in [5, 5.41) is 11.6. The summed E-state index contributed by atoms with van der Waals surface area (Å²) < 4.78 is 0. The van der Waals surface area contributed by atoms with Gasteiger partial charge in [0.05, 0.1) is 11.6 Å². The van der Waals surface area contributed by atoms with Gasteiger partial charge in [-0.3, -0.25) is 4.79 Å². The summed E-state index contributed by atoms with van der Waals surface area (Å²) in [6.07, 6.45) is 2.02. The van der Waals surface area contributed by atoms with E-state index in [0.29, 0.717) is 17.7 Å². The highest BCUT2D eigenvalue weighted by atomic mass is 16.1. The molecule has 4 heteroatoms. The average molecular weight is 245 g/mol. The number of unbranched alkanes of at least 4 members (excludes halogenated alkanes) is 1. The highest BCUT2D eigenvalue weighted by Crippen LogP contribution is 2.03. The van der Waals surface area contributed by atoms with Crippen molar-refractivity contribution in [2.75, 3.05) is 27.2 Å². The van der Waals surface area contributed by atoms with Crippen LogP contribution >= 0.6 is 0 Å². The van der Waals surface area contributed by atoms with Crippen molar-refractivity contribution in [3.8, 4) is 6.07 Å². The smallest absolute Gasteiger partial charge is 0.251 e. The Balaban J connectivity index is 2.34. The van der Waals surface area contributed by atoms with Gasteiger partial charge in [0, 0.05) is 12.1 Å². The van der Waals surface area contributed by atoms with Crippen molar-refractivity contribution in [1.29, 1.82) is 5.26 Å². The fourth-order valence-corrected chi connectivity index (χ4v) is 1.59. The first-order valence-electron chi connectivity index (χ1n) is 6.06. The average Bonchev–Trinajstić information content (AvgIpc) is 2.37. The zero-order chi connectivity index (χ0) is 13.4. The Morgan fingerprint density at radius 1 is 1.39 bits per heavy atom. The van der Waals surface area contributed by atoms with E-state index in [2.05, 4.69) is 10.2 Å². The topological polar surface area (TPSA) is 56.1 Å². The third-order valence-corrected chi connectivity index (χ3v) is 2.57. The minimum atomic E-state index is -0.114. The Labute approximate surface area is 108 Å². The molecule has 0 aliphatic heterocycles. The third-order valence-electron chi connectivity index (χ3n) is 2.57. The Hall–Kier alpha value is -1.86. The molecule has 0 aliphatic rings. The van der Waals surface area contributed by atoms with E-state index in [9.17, 15) is 4.79 Å². The highest BCUT2D eigenvalue weighted by molar-refractivity contribution is 5.94. The predicted octanol–water partition coefficient (Wildman–Crippen LogP) is 1.63. The zero-order valence-electron chi connectivity index (χ0n) is 10.9. The van der Waals surface area contributed by atoms with Gasteiger partial charge in [-0.25, -0.2) is 0 Å². The number of carbonyl (C=O) groups is 1. The summed E-state index contributed by atoms with van der Waals surface area (Å²) >= 11 is 0. The summed E-state index contributed by atoms with van der Waals surface area (Å²) in [6.45, 7) is 1.70. The fourth-order valence-electron chi connectivity index (χ4n) is 1.59. The number of nitrogens with zero attached hydrogens (tertiary/aromatic N) is 2. The first-order chi connectivity index (χ1) is 8.63. The minimum absolute atomic E-state index is 0.114. The van der Waals surface area contributed by atoms with Crippen LogP contribution in [0.15, 0.2) is 24.3 Å². The van der Waals surface area contributed by atoms with Gasteiger partial charge in [-0.2, -0.15) is 5.26 Å². The number of carbonyl (C=O) groups excluding carboxylic acids is 1. The quantitative estimate of drug-likeness (QED) is 0.775. The maximum Gasteiger partial charge on any atom is 0.251 e. The number of nitrogens with one attached hydrogen (secondary N) is 1. The molecule has 96 valence electrons. The van der Waals surface area contributed by atoms with E-state index in [1.54, 1.807) is 24.3 Å². The summed E-state index contributed by atoms with van der Waals surface area (Å²) in [4.78, 5) is 13.9. The first kappa shape index (κ1) is 14.2. The van der Waals surface area contributed by atoms with Crippen molar-refractivity contribution < 1.29 is 4.79 Å². The molecule has 0 saturated carbocycles. The van der Waals surface area contributed by atoms with Crippen LogP contribution in [0.3, 0.4) is 0 Å². The van der Waals surface area contributed by atoms with Gasteiger partial charge in [0.2, 0.25) is 0 Å². The fraction of sp³-hybridized carbons (Fsp3) is 0.429. The highest BCUT2D eigenvalue weighted by Gasteiger charge is 2.05. The van der Waals surface area contributed by atoms with Gasteiger partial charge in [-0.1, -0.05) is 6.07 Å². The molecule has 1 aromatic carbocycles. The monoisotopic (exact) mass is 245 g/mol. The van der Waals surface area contributed by atoms with E-state index >= 15 is 0 Å². The molecule has 0 aliphatic carbocycles. The van der Waals surface area contributed by atoms with Gasteiger partial charge in [-0.15, -0.1) is 0 Å². The van der Waals surface area contributed by atoms with E-state index in [1.807, 2.05) is 20.2 Å². The predicted molar refractivity (Wildman–Crippen MR) is 71.3 cm³/mol. The molecule has 0 heterocycles. The van der Waals surface area contributed by atoms with Crippen LogP contribution in [-0.2, 0) is 0 Å². The van der Waals surface area contributed by atoms with Crippen molar-refractivity contribution in [2.24, 2.45) is 0 Å². The molecule has 1 aromatic rings. The van der Waals surface area contributed by atoms with Crippen molar-refractivity contribution >= 4 is 5.91 Å². The Morgan fingerprint density at radius 2 is 2.17 bits per heavy atom. The summed E-state index contributed by atoms with van der Waals surface area (Å²) in [5.74, 6) is -0.114. The maximum atomic E-state index is 11.8. The zero-order valence-corrected chi connectivity index (χ0v) is 10.9. The van der Waals surface area contributed by atoms with E-state index < -0.39 is 0 Å². The number of nitriles is 1. The Bertz CT molecular complexity index is 435. The molecular formula is C14H19N3O. The number of benzene rings is 1. The molecule has 0 radical (unpaired) electrons. The molecule has 4 nitrogen and oxygen atoms in total. The SMILES string of the molecule is CN(C)CCCCNC(=O)c1cccc(C#N)c1. The molecule has 0 bridgehead atoms. The molecular weight excluding hydrogens is 226 g/mol. The number of amides is 1. The van der Waals surface area contributed by atoms with Crippen molar-refractivity contribution in [3.05, 3.63) is 35.4 Å². The van der Waals surface area contributed by atoms with Gasteiger partial charge in [-0.05, 0) is 51.7 Å². The van der Waals surface area contributed by atoms with Crippen LogP contribution in [0.5, 0.6) is 0 Å². The van der Waals surface area contributed by atoms with Gasteiger partial charge >= 0.3 is 0 Å². The van der Waals surface area contributed by atoms with Crippen LogP contribution in [0, 0.1) is 11.3 Å². The number of hydrogen-bond acceptors (Lipinski definition) is 3. The lowest BCUT2D eigenvalue weighted by Gasteiger charge is -2.09. The molecule has 0 atom stereocenters. The Morgan fingerprint density at radius 3 is 2.83 bits per heavy atom. The molecule has 18 heavy (non-hydrogen) atoms.